The molecule has 1 aliphatic rings. The highest BCUT2D eigenvalue weighted by atomic mass is 19.1. The van der Waals surface area contributed by atoms with Gasteiger partial charge in [0.2, 0.25) is 11.8 Å². The Balaban J connectivity index is 1.38. The average molecular weight is 527 g/mol. The molecule has 0 saturated carbocycles. The van der Waals surface area contributed by atoms with Crippen molar-refractivity contribution in [1.82, 2.24) is 10.2 Å². The van der Waals surface area contributed by atoms with Gasteiger partial charge in [0, 0.05) is 25.9 Å². The largest absolute Gasteiger partial charge is 0.493 e. The number of benzene rings is 2. The molecule has 2 aromatic rings. The van der Waals surface area contributed by atoms with Crippen LogP contribution in [0.25, 0.3) is 0 Å². The third kappa shape index (κ3) is 9.80. The first-order chi connectivity index (χ1) is 18.2. The van der Waals surface area contributed by atoms with Gasteiger partial charge in [0.15, 0.2) is 0 Å². The molecule has 0 aromatic heterocycles. The standard InChI is InChI=1S/C30H39FN2O5/c1-21(2)20-38-26-10-6-22(7-11-26)8-12-27(30(36)37)32-28(34)19-24-14-16-33(17-15-24)29(35)13-9-23-4-3-5-25(31)18-23/h3-7,10-11,18,21,24,27H,8-9,12-17,19-20H2,1-2H3,(H,32,34)(H,36,37)/t27-/m0/s1. The molecule has 206 valence electrons. The summed E-state index contributed by atoms with van der Waals surface area (Å²) in [6, 6.07) is 12.9. The number of nitrogens with one attached hydrogen (secondary N) is 1. The second-order valence-electron chi connectivity index (χ2n) is 10.5. The number of hydrogen-bond acceptors (Lipinski definition) is 4. The number of halogens is 1. The zero-order chi connectivity index (χ0) is 27.5. The lowest BCUT2D eigenvalue weighted by molar-refractivity contribution is -0.142. The summed E-state index contributed by atoms with van der Waals surface area (Å²) < 4.78 is 19.0. The number of likely N-dealkylation sites (tertiary alicyclic amines) is 1. The topological polar surface area (TPSA) is 95.9 Å². The van der Waals surface area contributed by atoms with E-state index in [-0.39, 0.29) is 30.0 Å². The van der Waals surface area contributed by atoms with Crippen molar-refractivity contribution in [3.8, 4) is 5.75 Å². The predicted molar refractivity (Wildman–Crippen MR) is 143 cm³/mol. The summed E-state index contributed by atoms with van der Waals surface area (Å²) >= 11 is 0. The van der Waals surface area contributed by atoms with Crippen LogP contribution in [0.15, 0.2) is 48.5 Å². The molecule has 2 amide bonds. The molecule has 0 bridgehead atoms. The molecule has 1 aliphatic heterocycles. The maximum Gasteiger partial charge on any atom is 0.326 e. The van der Waals surface area contributed by atoms with Crippen LogP contribution in [0.3, 0.4) is 0 Å². The Labute approximate surface area is 224 Å². The first kappa shape index (κ1) is 29.1. The van der Waals surface area contributed by atoms with E-state index in [0.29, 0.717) is 64.1 Å². The van der Waals surface area contributed by atoms with Crippen molar-refractivity contribution in [2.24, 2.45) is 11.8 Å². The van der Waals surface area contributed by atoms with Crippen molar-refractivity contribution in [3.63, 3.8) is 0 Å². The summed E-state index contributed by atoms with van der Waals surface area (Å²) in [6.07, 6.45) is 3.28. The number of hydrogen-bond donors (Lipinski definition) is 2. The molecule has 0 unspecified atom stereocenters. The molecule has 0 aliphatic carbocycles. The van der Waals surface area contributed by atoms with Crippen LogP contribution in [0.4, 0.5) is 4.39 Å². The van der Waals surface area contributed by atoms with Crippen LogP contribution in [-0.2, 0) is 27.2 Å². The minimum Gasteiger partial charge on any atom is -0.493 e. The van der Waals surface area contributed by atoms with E-state index in [1.54, 1.807) is 11.0 Å². The zero-order valence-electron chi connectivity index (χ0n) is 22.3. The van der Waals surface area contributed by atoms with Gasteiger partial charge in [0.1, 0.15) is 17.6 Å². The SMILES string of the molecule is CC(C)COc1ccc(CC[C@H](NC(=O)CC2CCN(C(=O)CCc3cccc(F)c3)CC2)C(=O)O)cc1. The number of ether oxygens (including phenoxy) is 1. The maximum atomic E-state index is 13.3. The first-order valence-electron chi connectivity index (χ1n) is 13.5. The predicted octanol–water partition coefficient (Wildman–Crippen LogP) is 4.62. The van der Waals surface area contributed by atoms with Crippen LogP contribution in [0.1, 0.15) is 57.1 Å². The van der Waals surface area contributed by atoms with Gasteiger partial charge in [-0.15, -0.1) is 0 Å². The number of carbonyl (C=O) groups is 3. The van der Waals surface area contributed by atoms with E-state index in [2.05, 4.69) is 19.2 Å². The normalized spacial score (nSPS) is 14.8. The molecule has 2 N–H and O–H groups in total. The van der Waals surface area contributed by atoms with E-state index in [1.807, 2.05) is 30.3 Å². The van der Waals surface area contributed by atoms with Gasteiger partial charge in [-0.2, -0.15) is 0 Å². The van der Waals surface area contributed by atoms with E-state index in [1.165, 1.54) is 12.1 Å². The summed E-state index contributed by atoms with van der Waals surface area (Å²) in [6.45, 7) is 5.94. The molecule has 0 spiro atoms. The van der Waals surface area contributed by atoms with E-state index in [4.69, 9.17) is 4.74 Å². The average Bonchev–Trinajstić information content (AvgIpc) is 2.89. The molecule has 3 rings (SSSR count). The van der Waals surface area contributed by atoms with Gasteiger partial charge in [0.05, 0.1) is 6.61 Å². The number of carboxylic acid groups (broad SMARTS) is 1. The lowest BCUT2D eigenvalue weighted by Crippen LogP contribution is -2.43. The number of aryl methyl sites for hydroxylation is 2. The second kappa shape index (κ2) is 14.5. The van der Waals surface area contributed by atoms with E-state index in [0.717, 1.165) is 16.9 Å². The molecule has 1 heterocycles. The molecule has 7 nitrogen and oxygen atoms in total. The molecular weight excluding hydrogens is 487 g/mol. The van der Waals surface area contributed by atoms with Crippen molar-refractivity contribution in [2.75, 3.05) is 19.7 Å². The molecule has 1 fully saturated rings. The molecule has 1 atom stereocenters. The molecule has 2 aromatic carbocycles. The number of piperidine rings is 1. The minimum absolute atomic E-state index is 0.0302. The fourth-order valence-corrected chi connectivity index (χ4v) is 4.59. The van der Waals surface area contributed by atoms with Gasteiger partial charge >= 0.3 is 5.97 Å². The number of carboxylic acids is 1. The molecule has 8 heteroatoms. The smallest absolute Gasteiger partial charge is 0.326 e. The molecule has 38 heavy (non-hydrogen) atoms. The lowest BCUT2D eigenvalue weighted by Gasteiger charge is -2.32. The van der Waals surface area contributed by atoms with E-state index >= 15 is 0 Å². The number of rotatable bonds is 13. The monoisotopic (exact) mass is 526 g/mol. The minimum atomic E-state index is -1.05. The van der Waals surface area contributed by atoms with Crippen LogP contribution in [0.5, 0.6) is 5.75 Å². The van der Waals surface area contributed by atoms with Crippen LogP contribution >= 0.6 is 0 Å². The Hall–Kier alpha value is -3.42. The van der Waals surface area contributed by atoms with Crippen molar-refractivity contribution < 1.29 is 28.6 Å². The highest BCUT2D eigenvalue weighted by molar-refractivity contribution is 5.83. The summed E-state index contributed by atoms with van der Waals surface area (Å²) in [5.41, 5.74) is 1.78. The van der Waals surface area contributed by atoms with Crippen LogP contribution < -0.4 is 10.1 Å². The Kier molecular flexibility index (Phi) is 11.1. The van der Waals surface area contributed by atoms with Crippen LogP contribution in [-0.4, -0.2) is 53.5 Å². The third-order valence-electron chi connectivity index (χ3n) is 6.82. The van der Waals surface area contributed by atoms with Crippen molar-refractivity contribution in [2.45, 2.75) is 64.8 Å². The second-order valence-corrected chi connectivity index (χ2v) is 10.5. The number of aliphatic carboxylic acids is 1. The Bertz CT molecular complexity index is 1060. The van der Waals surface area contributed by atoms with E-state index in [9.17, 15) is 23.9 Å². The maximum absolute atomic E-state index is 13.3. The molecule has 1 saturated heterocycles. The molecular formula is C30H39FN2O5. The summed E-state index contributed by atoms with van der Waals surface area (Å²) in [5, 5.41) is 12.3. The van der Waals surface area contributed by atoms with Gasteiger partial charge in [-0.3, -0.25) is 9.59 Å². The zero-order valence-corrected chi connectivity index (χ0v) is 22.3. The van der Waals surface area contributed by atoms with Crippen molar-refractivity contribution >= 4 is 17.8 Å². The summed E-state index contributed by atoms with van der Waals surface area (Å²) in [4.78, 5) is 38.7. The van der Waals surface area contributed by atoms with Gasteiger partial charge < -0.3 is 20.1 Å². The van der Waals surface area contributed by atoms with Crippen LogP contribution in [0.2, 0.25) is 0 Å². The Morgan fingerprint density at radius 1 is 1.05 bits per heavy atom. The lowest BCUT2D eigenvalue weighted by atomic mass is 9.92. The first-order valence-corrected chi connectivity index (χ1v) is 13.5. The summed E-state index contributed by atoms with van der Waals surface area (Å²) in [5.74, 6) is -0.273. The van der Waals surface area contributed by atoms with Crippen LogP contribution in [0, 0.1) is 17.7 Å². The van der Waals surface area contributed by atoms with Gasteiger partial charge in [0.25, 0.3) is 0 Å². The van der Waals surface area contributed by atoms with Crippen molar-refractivity contribution in [3.05, 3.63) is 65.5 Å². The van der Waals surface area contributed by atoms with Gasteiger partial charge in [-0.05, 0) is 79.3 Å². The van der Waals surface area contributed by atoms with Gasteiger partial charge in [-0.25, -0.2) is 9.18 Å². The number of amides is 2. The number of nitrogens with zero attached hydrogens (tertiary/aromatic N) is 1. The number of carbonyl (C=O) groups excluding carboxylic acids is 2. The van der Waals surface area contributed by atoms with Crippen molar-refractivity contribution in [1.29, 1.82) is 0 Å². The highest BCUT2D eigenvalue weighted by Crippen LogP contribution is 2.22. The highest BCUT2D eigenvalue weighted by Gasteiger charge is 2.26. The Morgan fingerprint density at radius 2 is 1.76 bits per heavy atom. The quantitative estimate of drug-likeness (QED) is 0.397. The van der Waals surface area contributed by atoms with E-state index < -0.39 is 12.0 Å². The Morgan fingerprint density at radius 3 is 2.39 bits per heavy atom. The fraction of sp³-hybridized carbons (Fsp3) is 0.500. The molecule has 0 radical (unpaired) electrons. The third-order valence-corrected chi connectivity index (χ3v) is 6.82. The fourth-order valence-electron chi connectivity index (χ4n) is 4.59. The summed E-state index contributed by atoms with van der Waals surface area (Å²) in [7, 11) is 0. The van der Waals surface area contributed by atoms with Gasteiger partial charge in [-0.1, -0.05) is 38.1 Å².